The second-order valence-corrected chi connectivity index (χ2v) is 7.06. The Morgan fingerprint density at radius 3 is 2.60 bits per heavy atom. The van der Waals surface area contributed by atoms with E-state index < -0.39 is 16.1 Å². The summed E-state index contributed by atoms with van der Waals surface area (Å²) in [6.45, 7) is 2.21. The summed E-state index contributed by atoms with van der Waals surface area (Å²) in [7, 11) is -1.95. The topological polar surface area (TPSA) is 66.8 Å². The molecule has 1 aromatic carbocycles. The third-order valence-electron chi connectivity index (χ3n) is 3.60. The SMILES string of the molecule is COc1ccc(S(=O)(=O)N2CCCC2CC(C)O)cc1. The summed E-state index contributed by atoms with van der Waals surface area (Å²) in [4.78, 5) is 0.274. The van der Waals surface area contributed by atoms with Crippen LogP contribution in [0.2, 0.25) is 0 Å². The molecule has 0 aliphatic carbocycles. The average molecular weight is 299 g/mol. The minimum absolute atomic E-state index is 0.109. The lowest BCUT2D eigenvalue weighted by Gasteiger charge is -2.25. The molecule has 1 aliphatic rings. The minimum Gasteiger partial charge on any atom is -0.497 e. The van der Waals surface area contributed by atoms with Gasteiger partial charge in [-0.15, -0.1) is 0 Å². The van der Waals surface area contributed by atoms with Crippen molar-refractivity contribution in [1.82, 2.24) is 4.31 Å². The van der Waals surface area contributed by atoms with E-state index in [-0.39, 0.29) is 10.9 Å². The normalized spacial score (nSPS) is 21.9. The lowest BCUT2D eigenvalue weighted by Crippen LogP contribution is -2.37. The lowest BCUT2D eigenvalue weighted by atomic mass is 10.1. The van der Waals surface area contributed by atoms with Crippen LogP contribution in [-0.4, -0.2) is 43.6 Å². The van der Waals surface area contributed by atoms with E-state index >= 15 is 0 Å². The van der Waals surface area contributed by atoms with Crippen molar-refractivity contribution >= 4 is 10.0 Å². The number of benzene rings is 1. The van der Waals surface area contributed by atoms with Crippen LogP contribution in [0.4, 0.5) is 0 Å². The number of sulfonamides is 1. The Labute approximate surface area is 120 Å². The van der Waals surface area contributed by atoms with E-state index in [1.165, 1.54) is 4.31 Å². The molecule has 1 fully saturated rings. The Kier molecular flexibility index (Phi) is 4.67. The number of hydrogen-bond acceptors (Lipinski definition) is 4. The Hall–Kier alpha value is -1.11. The van der Waals surface area contributed by atoms with Gasteiger partial charge in [-0.3, -0.25) is 0 Å². The Bertz CT molecular complexity index is 539. The molecule has 0 saturated carbocycles. The molecule has 2 unspecified atom stereocenters. The number of methoxy groups -OCH3 is 1. The summed E-state index contributed by atoms with van der Waals surface area (Å²) in [5.41, 5.74) is 0. The van der Waals surface area contributed by atoms with Crippen molar-refractivity contribution in [3.8, 4) is 5.75 Å². The van der Waals surface area contributed by atoms with Gasteiger partial charge in [0.2, 0.25) is 10.0 Å². The summed E-state index contributed by atoms with van der Waals surface area (Å²) >= 11 is 0. The molecular formula is C14H21NO4S. The average Bonchev–Trinajstić information content (AvgIpc) is 2.87. The zero-order valence-electron chi connectivity index (χ0n) is 11.8. The fourth-order valence-corrected chi connectivity index (χ4v) is 4.34. The molecule has 6 heteroatoms. The highest BCUT2D eigenvalue weighted by Crippen LogP contribution is 2.29. The van der Waals surface area contributed by atoms with Crippen LogP contribution in [0.3, 0.4) is 0 Å². The molecule has 0 radical (unpaired) electrons. The molecule has 0 aromatic heterocycles. The number of hydrogen-bond donors (Lipinski definition) is 1. The van der Waals surface area contributed by atoms with Gasteiger partial charge in [0, 0.05) is 12.6 Å². The molecule has 1 heterocycles. The second-order valence-electron chi connectivity index (χ2n) is 5.17. The predicted molar refractivity (Wildman–Crippen MR) is 76.2 cm³/mol. The van der Waals surface area contributed by atoms with Crippen molar-refractivity contribution in [2.75, 3.05) is 13.7 Å². The molecule has 0 bridgehead atoms. The molecule has 1 saturated heterocycles. The van der Waals surface area contributed by atoms with Crippen LogP contribution in [0.5, 0.6) is 5.75 Å². The van der Waals surface area contributed by atoms with Gasteiger partial charge >= 0.3 is 0 Å². The zero-order chi connectivity index (χ0) is 14.8. The van der Waals surface area contributed by atoms with Crippen LogP contribution in [0.25, 0.3) is 0 Å². The summed E-state index contributed by atoms with van der Waals surface area (Å²) in [5.74, 6) is 0.630. The maximum Gasteiger partial charge on any atom is 0.243 e. The summed E-state index contributed by atoms with van der Waals surface area (Å²) < 4.78 is 31.8. The van der Waals surface area contributed by atoms with E-state index in [1.54, 1.807) is 38.3 Å². The summed E-state index contributed by atoms with van der Waals surface area (Å²) in [6.07, 6.45) is 1.63. The van der Waals surface area contributed by atoms with Crippen molar-refractivity contribution in [3.05, 3.63) is 24.3 Å². The number of rotatable bonds is 5. The fourth-order valence-electron chi connectivity index (χ4n) is 2.64. The quantitative estimate of drug-likeness (QED) is 0.897. The predicted octanol–water partition coefficient (Wildman–Crippen LogP) is 1.62. The Balaban J connectivity index is 2.24. The lowest BCUT2D eigenvalue weighted by molar-refractivity contribution is 0.158. The Morgan fingerprint density at radius 2 is 2.05 bits per heavy atom. The second kappa shape index (κ2) is 6.11. The molecule has 2 atom stereocenters. The van der Waals surface area contributed by atoms with Gasteiger partial charge in [-0.05, 0) is 50.5 Å². The van der Waals surface area contributed by atoms with E-state index in [1.807, 2.05) is 0 Å². The third-order valence-corrected chi connectivity index (χ3v) is 5.57. The highest BCUT2D eigenvalue weighted by Gasteiger charge is 2.35. The third kappa shape index (κ3) is 3.13. The van der Waals surface area contributed by atoms with Crippen molar-refractivity contribution in [2.24, 2.45) is 0 Å². The van der Waals surface area contributed by atoms with Gasteiger partial charge in [0.1, 0.15) is 5.75 Å². The molecule has 0 amide bonds. The maximum atomic E-state index is 12.6. The maximum absolute atomic E-state index is 12.6. The number of aliphatic hydroxyl groups is 1. The van der Waals surface area contributed by atoms with E-state index in [0.29, 0.717) is 18.7 Å². The number of aliphatic hydroxyl groups excluding tert-OH is 1. The van der Waals surface area contributed by atoms with Crippen LogP contribution >= 0.6 is 0 Å². The van der Waals surface area contributed by atoms with Crippen LogP contribution in [0.1, 0.15) is 26.2 Å². The molecule has 2 rings (SSSR count). The zero-order valence-corrected chi connectivity index (χ0v) is 12.6. The van der Waals surface area contributed by atoms with Crippen LogP contribution < -0.4 is 4.74 Å². The van der Waals surface area contributed by atoms with E-state index in [9.17, 15) is 13.5 Å². The van der Waals surface area contributed by atoms with Gasteiger partial charge in [0.05, 0.1) is 18.1 Å². The first kappa shape index (κ1) is 15.3. The van der Waals surface area contributed by atoms with Gasteiger partial charge in [-0.25, -0.2) is 8.42 Å². The number of ether oxygens (including phenoxy) is 1. The van der Waals surface area contributed by atoms with E-state index in [0.717, 1.165) is 12.8 Å². The molecule has 1 N–H and O–H groups in total. The first-order chi connectivity index (χ1) is 9.45. The largest absolute Gasteiger partial charge is 0.497 e. The van der Waals surface area contributed by atoms with E-state index in [2.05, 4.69) is 0 Å². The van der Waals surface area contributed by atoms with Crippen LogP contribution in [0, 0.1) is 0 Å². The molecule has 1 aromatic rings. The van der Waals surface area contributed by atoms with Crippen molar-refractivity contribution < 1.29 is 18.3 Å². The van der Waals surface area contributed by atoms with Crippen LogP contribution in [0.15, 0.2) is 29.2 Å². The summed E-state index contributed by atoms with van der Waals surface area (Å²) in [5, 5.41) is 9.50. The highest BCUT2D eigenvalue weighted by atomic mass is 32.2. The van der Waals surface area contributed by atoms with Crippen molar-refractivity contribution in [1.29, 1.82) is 0 Å². The summed E-state index contributed by atoms with van der Waals surface area (Å²) in [6, 6.07) is 6.30. The molecule has 5 nitrogen and oxygen atoms in total. The van der Waals surface area contributed by atoms with Gasteiger partial charge < -0.3 is 9.84 Å². The monoisotopic (exact) mass is 299 g/mol. The molecular weight excluding hydrogens is 278 g/mol. The number of nitrogens with zero attached hydrogens (tertiary/aromatic N) is 1. The fraction of sp³-hybridized carbons (Fsp3) is 0.571. The smallest absolute Gasteiger partial charge is 0.243 e. The van der Waals surface area contributed by atoms with Gasteiger partial charge in [-0.1, -0.05) is 0 Å². The molecule has 1 aliphatic heterocycles. The molecule has 112 valence electrons. The van der Waals surface area contributed by atoms with Gasteiger partial charge in [0.15, 0.2) is 0 Å². The standard InChI is InChI=1S/C14H21NO4S/c1-11(16)10-12-4-3-9-15(12)20(17,18)14-7-5-13(19-2)6-8-14/h5-8,11-12,16H,3-4,9-10H2,1-2H3. The van der Waals surface area contributed by atoms with Gasteiger partial charge in [0.25, 0.3) is 0 Å². The highest BCUT2D eigenvalue weighted by molar-refractivity contribution is 7.89. The first-order valence-corrected chi connectivity index (χ1v) is 8.23. The van der Waals surface area contributed by atoms with Crippen molar-refractivity contribution in [2.45, 2.75) is 43.2 Å². The van der Waals surface area contributed by atoms with Crippen LogP contribution in [-0.2, 0) is 10.0 Å². The van der Waals surface area contributed by atoms with Gasteiger partial charge in [-0.2, -0.15) is 4.31 Å². The van der Waals surface area contributed by atoms with E-state index in [4.69, 9.17) is 4.74 Å². The molecule has 20 heavy (non-hydrogen) atoms. The Morgan fingerprint density at radius 1 is 1.40 bits per heavy atom. The molecule has 0 spiro atoms. The first-order valence-electron chi connectivity index (χ1n) is 6.79. The minimum atomic E-state index is -3.49. The van der Waals surface area contributed by atoms with Crippen molar-refractivity contribution in [3.63, 3.8) is 0 Å².